The standard InChI is InChI=1S/C12H8Br2N2O4S/c13-8-1-2-10(14)11(4-8)21(19,20)16-9-3-7(12(17)18)5-15-6-9/h1-6,16H,(H,17,18). The fourth-order valence-electron chi connectivity index (χ4n) is 1.51. The molecule has 0 aliphatic carbocycles. The van der Waals surface area contributed by atoms with Gasteiger partial charge in [-0.3, -0.25) is 9.71 Å². The summed E-state index contributed by atoms with van der Waals surface area (Å²) in [5.41, 5.74) is -0.0368. The van der Waals surface area contributed by atoms with Crippen molar-refractivity contribution in [2.75, 3.05) is 4.72 Å². The third-order valence-corrected chi connectivity index (χ3v) is 5.29. The number of halogens is 2. The van der Waals surface area contributed by atoms with E-state index in [-0.39, 0.29) is 16.1 Å². The molecule has 0 saturated heterocycles. The monoisotopic (exact) mass is 434 g/mol. The Morgan fingerprint density at radius 2 is 1.90 bits per heavy atom. The average Bonchev–Trinajstić information content (AvgIpc) is 2.41. The van der Waals surface area contributed by atoms with Crippen LogP contribution in [0.3, 0.4) is 0 Å². The molecule has 9 heteroatoms. The Morgan fingerprint density at radius 3 is 2.57 bits per heavy atom. The molecule has 0 saturated carbocycles. The molecule has 1 aromatic carbocycles. The Morgan fingerprint density at radius 1 is 1.19 bits per heavy atom. The van der Waals surface area contributed by atoms with Gasteiger partial charge in [-0.05, 0) is 40.2 Å². The van der Waals surface area contributed by atoms with E-state index in [9.17, 15) is 13.2 Å². The largest absolute Gasteiger partial charge is 0.478 e. The second-order valence-electron chi connectivity index (χ2n) is 3.95. The van der Waals surface area contributed by atoms with Gasteiger partial charge in [0, 0.05) is 15.1 Å². The normalized spacial score (nSPS) is 11.1. The molecule has 6 nitrogen and oxygen atoms in total. The van der Waals surface area contributed by atoms with Crippen LogP contribution >= 0.6 is 31.9 Å². The summed E-state index contributed by atoms with van der Waals surface area (Å²) in [5, 5.41) is 8.87. The molecule has 0 aliphatic heterocycles. The SMILES string of the molecule is O=C(O)c1cncc(NS(=O)(=O)c2cc(Br)ccc2Br)c1. The lowest BCUT2D eigenvalue weighted by Gasteiger charge is -2.10. The molecule has 0 amide bonds. The predicted octanol–water partition coefficient (Wildman–Crippen LogP) is 3.11. The molecule has 0 atom stereocenters. The van der Waals surface area contributed by atoms with E-state index in [1.54, 1.807) is 12.1 Å². The van der Waals surface area contributed by atoms with Crippen molar-refractivity contribution in [3.05, 3.63) is 51.2 Å². The first-order valence-electron chi connectivity index (χ1n) is 5.46. The Kier molecular flexibility index (Phi) is 4.64. The molecule has 2 rings (SSSR count). The molecule has 0 radical (unpaired) electrons. The smallest absolute Gasteiger partial charge is 0.337 e. The van der Waals surface area contributed by atoms with Crippen molar-refractivity contribution in [2.24, 2.45) is 0 Å². The molecule has 0 unspecified atom stereocenters. The number of hydrogen-bond donors (Lipinski definition) is 2. The van der Waals surface area contributed by atoms with Gasteiger partial charge in [0.05, 0.1) is 17.4 Å². The van der Waals surface area contributed by atoms with E-state index >= 15 is 0 Å². The van der Waals surface area contributed by atoms with Gasteiger partial charge >= 0.3 is 5.97 Å². The number of pyridine rings is 1. The first-order valence-corrected chi connectivity index (χ1v) is 8.53. The highest BCUT2D eigenvalue weighted by molar-refractivity contribution is 9.11. The maximum atomic E-state index is 12.3. The van der Waals surface area contributed by atoms with Crippen LogP contribution in [0.2, 0.25) is 0 Å². The van der Waals surface area contributed by atoms with Crippen molar-refractivity contribution < 1.29 is 18.3 Å². The molecule has 0 bridgehead atoms. The number of carboxylic acid groups (broad SMARTS) is 1. The van der Waals surface area contributed by atoms with Crippen molar-refractivity contribution in [1.29, 1.82) is 0 Å². The van der Waals surface area contributed by atoms with Gasteiger partial charge in [-0.25, -0.2) is 13.2 Å². The van der Waals surface area contributed by atoms with Crippen LogP contribution in [0.4, 0.5) is 5.69 Å². The van der Waals surface area contributed by atoms with Crippen LogP contribution in [-0.2, 0) is 10.0 Å². The zero-order valence-electron chi connectivity index (χ0n) is 10.2. The minimum absolute atomic E-state index is 0.0256. The van der Waals surface area contributed by atoms with Crippen LogP contribution in [0.15, 0.2) is 50.5 Å². The molecule has 21 heavy (non-hydrogen) atoms. The third-order valence-electron chi connectivity index (χ3n) is 2.42. The molecular weight excluding hydrogens is 428 g/mol. The highest BCUT2D eigenvalue weighted by Crippen LogP contribution is 2.27. The van der Waals surface area contributed by atoms with E-state index in [0.29, 0.717) is 8.95 Å². The number of aromatic nitrogens is 1. The fourth-order valence-corrected chi connectivity index (χ4v) is 4.04. The lowest BCUT2D eigenvalue weighted by molar-refractivity contribution is 0.0696. The van der Waals surface area contributed by atoms with E-state index < -0.39 is 16.0 Å². The molecule has 0 fully saturated rings. The molecule has 110 valence electrons. The molecule has 1 aromatic heterocycles. The van der Waals surface area contributed by atoms with Crippen molar-refractivity contribution in [3.8, 4) is 0 Å². The van der Waals surface area contributed by atoms with E-state index in [0.717, 1.165) is 6.20 Å². The van der Waals surface area contributed by atoms with Crippen molar-refractivity contribution in [2.45, 2.75) is 4.90 Å². The fraction of sp³-hybridized carbons (Fsp3) is 0. The Bertz CT molecular complexity index is 809. The van der Waals surface area contributed by atoms with Crippen molar-refractivity contribution in [3.63, 3.8) is 0 Å². The lowest BCUT2D eigenvalue weighted by Crippen LogP contribution is -2.14. The van der Waals surface area contributed by atoms with Gasteiger partial charge in [0.15, 0.2) is 0 Å². The van der Waals surface area contributed by atoms with Gasteiger partial charge in [0.2, 0.25) is 0 Å². The molecule has 1 heterocycles. The molecule has 0 aliphatic rings. The number of anilines is 1. The highest BCUT2D eigenvalue weighted by atomic mass is 79.9. The Labute approximate surface area is 137 Å². The summed E-state index contributed by atoms with van der Waals surface area (Å²) >= 11 is 6.37. The number of sulfonamides is 1. The summed E-state index contributed by atoms with van der Waals surface area (Å²) in [7, 11) is -3.87. The minimum Gasteiger partial charge on any atom is -0.478 e. The lowest BCUT2D eigenvalue weighted by atomic mass is 10.3. The number of rotatable bonds is 4. The van der Waals surface area contributed by atoms with E-state index in [2.05, 4.69) is 41.6 Å². The Hall–Kier alpha value is -1.45. The molecule has 2 N–H and O–H groups in total. The minimum atomic E-state index is -3.87. The molecule has 2 aromatic rings. The number of nitrogens with zero attached hydrogens (tertiary/aromatic N) is 1. The zero-order valence-corrected chi connectivity index (χ0v) is 14.2. The van der Waals surface area contributed by atoms with Crippen molar-refractivity contribution in [1.82, 2.24) is 4.98 Å². The number of carboxylic acids is 1. The van der Waals surface area contributed by atoms with Crippen LogP contribution in [0.5, 0.6) is 0 Å². The quantitative estimate of drug-likeness (QED) is 0.768. The van der Waals surface area contributed by atoms with E-state index in [1.165, 1.54) is 18.3 Å². The van der Waals surface area contributed by atoms with Crippen LogP contribution in [0.1, 0.15) is 10.4 Å². The summed E-state index contributed by atoms with van der Waals surface area (Å²) in [4.78, 5) is 14.6. The summed E-state index contributed by atoms with van der Waals surface area (Å²) in [6.45, 7) is 0. The van der Waals surface area contributed by atoms with Gasteiger partial charge < -0.3 is 5.11 Å². The predicted molar refractivity (Wildman–Crippen MR) is 83.8 cm³/mol. The molecule has 0 spiro atoms. The maximum Gasteiger partial charge on any atom is 0.337 e. The van der Waals surface area contributed by atoms with Gasteiger partial charge in [0.1, 0.15) is 4.90 Å². The zero-order chi connectivity index (χ0) is 15.6. The topological polar surface area (TPSA) is 96.4 Å². The first-order chi connectivity index (χ1) is 9.79. The summed E-state index contributed by atoms with van der Waals surface area (Å²) < 4.78 is 27.9. The number of aromatic carboxylic acids is 1. The summed E-state index contributed by atoms with van der Waals surface area (Å²) in [6.07, 6.45) is 2.37. The number of benzene rings is 1. The highest BCUT2D eigenvalue weighted by Gasteiger charge is 2.19. The summed E-state index contributed by atoms with van der Waals surface area (Å²) in [6, 6.07) is 5.90. The van der Waals surface area contributed by atoms with Gasteiger partial charge in [-0.1, -0.05) is 15.9 Å². The second-order valence-corrected chi connectivity index (χ2v) is 7.37. The Balaban J connectivity index is 2.40. The molecular formula is C12H8Br2N2O4S. The number of carbonyl (C=O) groups is 1. The van der Waals surface area contributed by atoms with Crippen LogP contribution in [0, 0.1) is 0 Å². The van der Waals surface area contributed by atoms with Crippen LogP contribution < -0.4 is 4.72 Å². The van der Waals surface area contributed by atoms with Gasteiger partial charge in [-0.15, -0.1) is 0 Å². The van der Waals surface area contributed by atoms with Gasteiger partial charge in [0.25, 0.3) is 10.0 Å². The van der Waals surface area contributed by atoms with Crippen molar-refractivity contribution >= 4 is 53.5 Å². The average molecular weight is 436 g/mol. The van der Waals surface area contributed by atoms with E-state index in [1.807, 2.05) is 0 Å². The second kappa shape index (κ2) is 6.12. The van der Waals surface area contributed by atoms with E-state index in [4.69, 9.17) is 5.11 Å². The van der Waals surface area contributed by atoms with Gasteiger partial charge in [-0.2, -0.15) is 0 Å². The van der Waals surface area contributed by atoms with Crippen LogP contribution in [0.25, 0.3) is 0 Å². The number of hydrogen-bond acceptors (Lipinski definition) is 4. The van der Waals surface area contributed by atoms with Crippen LogP contribution in [-0.4, -0.2) is 24.5 Å². The maximum absolute atomic E-state index is 12.3. The summed E-state index contributed by atoms with van der Waals surface area (Å²) in [5.74, 6) is -1.19. The first kappa shape index (κ1) is 15.9. The third kappa shape index (κ3) is 3.80. The number of nitrogens with one attached hydrogen (secondary N) is 1.